The Labute approximate surface area is 70.6 Å². The second-order valence-electron chi connectivity index (χ2n) is 3.52. The summed E-state index contributed by atoms with van der Waals surface area (Å²) >= 11 is 0. The number of oxime groups is 2. The van der Waals surface area contributed by atoms with Crippen LogP contribution >= 0.6 is 0 Å². The zero-order chi connectivity index (χ0) is 8.55. The fraction of sp³-hybridized carbons (Fsp3) is 0.750. The van der Waals surface area contributed by atoms with Gasteiger partial charge in [-0.25, -0.2) is 0 Å². The molecule has 3 rings (SSSR count). The summed E-state index contributed by atoms with van der Waals surface area (Å²) in [6, 6.07) is 0. The van der Waals surface area contributed by atoms with Gasteiger partial charge in [0.25, 0.3) is 0 Å². The van der Waals surface area contributed by atoms with Gasteiger partial charge in [-0.2, -0.15) is 0 Å². The number of fused-ring (bicyclic) bond motifs is 3. The van der Waals surface area contributed by atoms with Gasteiger partial charge >= 0.3 is 0 Å². The highest BCUT2D eigenvalue weighted by molar-refractivity contribution is 6.44. The van der Waals surface area contributed by atoms with Crippen molar-refractivity contribution < 1.29 is 10.4 Å². The quantitative estimate of drug-likeness (QED) is 0.425. The van der Waals surface area contributed by atoms with E-state index in [1.54, 1.807) is 0 Å². The second kappa shape index (κ2) is 2.77. The Kier molecular flexibility index (Phi) is 1.75. The Balaban J connectivity index is 2.34. The van der Waals surface area contributed by atoms with Crippen molar-refractivity contribution in [2.24, 2.45) is 22.1 Å². The van der Waals surface area contributed by atoms with Crippen LogP contribution in [0.4, 0.5) is 0 Å². The SMILES string of the molecule is O/N=C1/C(=N/O)C2CCC1CC2. The van der Waals surface area contributed by atoms with Gasteiger partial charge in [-0.1, -0.05) is 10.3 Å². The summed E-state index contributed by atoms with van der Waals surface area (Å²) in [5.74, 6) is 0.650. The normalized spacial score (nSPS) is 41.0. The van der Waals surface area contributed by atoms with Crippen LogP contribution in [0.15, 0.2) is 10.3 Å². The topological polar surface area (TPSA) is 65.2 Å². The van der Waals surface area contributed by atoms with Crippen molar-refractivity contribution >= 4 is 11.4 Å². The largest absolute Gasteiger partial charge is 0.411 e. The first-order valence-electron chi connectivity index (χ1n) is 4.31. The van der Waals surface area contributed by atoms with Gasteiger partial charge in [0.1, 0.15) is 11.4 Å². The third kappa shape index (κ3) is 0.906. The summed E-state index contributed by atoms with van der Waals surface area (Å²) in [4.78, 5) is 0. The smallest absolute Gasteiger partial charge is 0.108 e. The molecule has 0 aromatic rings. The van der Waals surface area contributed by atoms with Crippen LogP contribution in [-0.4, -0.2) is 21.8 Å². The van der Waals surface area contributed by atoms with Crippen molar-refractivity contribution in [2.45, 2.75) is 25.7 Å². The third-order valence-corrected chi connectivity index (χ3v) is 2.98. The van der Waals surface area contributed by atoms with E-state index < -0.39 is 0 Å². The molecule has 0 unspecified atom stereocenters. The highest BCUT2D eigenvalue weighted by Crippen LogP contribution is 2.37. The number of rotatable bonds is 0. The van der Waals surface area contributed by atoms with Crippen LogP contribution in [0.3, 0.4) is 0 Å². The van der Waals surface area contributed by atoms with Crippen LogP contribution in [-0.2, 0) is 0 Å². The summed E-state index contributed by atoms with van der Waals surface area (Å²) in [7, 11) is 0. The molecule has 3 aliphatic carbocycles. The average Bonchev–Trinajstić information content (AvgIpc) is 2.18. The summed E-state index contributed by atoms with van der Waals surface area (Å²) in [5.41, 5.74) is 1.22. The van der Waals surface area contributed by atoms with Crippen molar-refractivity contribution in [1.82, 2.24) is 0 Å². The van der Waals surface area contributed by atoms with Crippen molar-refractivity contribution in [3.63, 3.8) is 0 Å². The molecule has 0 saturated heterocycles. The lowest BCUT2D eigenvalue weighted by Gasteiger charge is -2.36. The zero-order valence-electron chi connectivity index (χ0n) is 6.77. The molecule has 0 radical (unpaired) electrons. The Hall–Kier alpha value is -1.06. The van der Waals surface area contributed by atoms with Gasteiger partial charge in [-0.15, -0.1) is 0 Å². The molecule has 0 atom stereocenters. The van der Waals surface area contributed by atoms with Crippen molar-refractivity contribution in [3.05, 3.63) is 0 Å². The van der Waals surface area contributed by atoms with Crippen LogP contribution in [0.5, 0.6) is 0 Å². The molecule has 0 spiro atoms. The standard InChI is InChI=1S/C8H12N2O2/c11-9-7-5-1-2-6(4-3-5)8(7)10-12/h5-6,11-12H,1-4H2/b9-7+,10-8+. The van der Waals surface area contributed by atoms with E-state index in [0.717, 1.165) is 25.7 Å². The number of hydrogen-bond acceptors (Lipinski definition) is 4. The molecule has 3 fully saturated rings. The molecule has 0 aromatic carbocycles. The Morgan fingerprint density at radius 2 is 1.17 bits per heavy atom. The van der Waals surface area contributed by atoms with Crippen LogP contribution in [0, 0.1) is 11.8 Å². The van der Waals surface area contributed by atoms with Gasteiger partial charge in [0.05, 0.1) is 0 Å². The number of nitrogens with zero attached hydrogens (tertiary/aromatic N) is 2. The van der Waals surface area contributed by atoms with E-state index >= 15 is 0 Å². The highest BCUT2D eigenvalue weighted by Gasteiger charge is 2.39. The number of hydrogen-bond donors (Lipinski definition) is 2. The maximum absolute atomic E-state index is 8.71. The van der Waals surface area contributed by atoms with Gasteiger partial charge in [0.15, 0.2) is 0 Å². The molecular weight excluding hydrogens is 156 g/mol. The lowest BCUT2D eigenvalue weighted by molar-refractivity contribution is 0.285. The second-order valence-corrected chi connectivity index (χ2v) is 3.52. The molecule has 4 heteroatoms. The molecular formula is C8H12N2O2. The van der Waals surface area contributed by atoms with Crippen LogP contribution in [0.2, 0.25) is 0 Å². The lowest BCUT2D eigenvalue weighted by Crippen LogP contribution is -2.41. The van der Waals surface area contributed by atoms with E-state index in [2.05, 4.69) is 10.3 Å². The van der Waals surface area contributed by atoms with Crippen LogP contribution in [0.1, 0.15) is 25.7 Å². The van der Waals surface area contributed by atoms with E-state index in [1.807, 2.05) is 0 Å². The van der Waals surface area contributed by atoms with Crippen molar-refractivity contribution in [1.29, 1.82) is 0 Å². The predicted molar refractivity (Wildman–Crippen MR) is 43.9 cm³/mol. The lowest BCUT2D eigenvalue weighted by atomic mass is 9.68. The monoisotopic (exact) mass is 168 g/mol. The predicted octanol–water partition coefficient (Wildman–Crippen LogP) is 1.47. The minimum absolute atomic E-state index is 0.325. The molecule has 2 N–H and O–H groups in total. The van der Waals surface area contributed by atoms with Gasteiger partial charge < -0.3 is 10.4 Å². The first-order valence-corrected chi connectivity index (χ1v) is 4.31. The Bertz CT molecular complexity index is 213. The van der Waals surface area contributed by atoms with Crippen LogP contribution < -0.4 is 0 Å². The summed E-state index contributed by atoms with van der Waals surface area (Å²) in [6.07, 6.45) is 4.29. The molecule has 2 bridgehead atoms. The van der Waals surface area contributed by atoms with Gasteiger partial charge in [0.2, 0.25) is 0 Å². The van der Waals surface area contributed by atoms with E-state index in [1.165, 1.54) is 0 Å². The van der Waals surface area contributed by atoms with E-state index in [9.17, 15) is 0 Å². The molecule has 0 heterocycles. The summed E-state index contributed by atoms with van der Waals surface area (Å²) in [5, 5.41) is 23.8. The third-order valence-electron chi connectivity index (χ3n) is 2.98. The maximum atomic E-state index is 8.71. The van der Waals surface area contributed by atoms with Crippen LogP contribution in [0.25, 0.3) is 0 Å². The molecule has 0 aromatic heterocycles. The molecule has 0 aliphatic heterocycles. The first-order chi connectivity index (χ1) is 5.86. The fourth-order valence-corrected chi connectivity index (χ4v) is 2.32. The average molecular weight is 168 g/mol. The zero-order valence-corrected chi connectivity index (χ0v) is 6.77. The van der Waals surface area contributed by atoms with E-state index in [0.29, 0.717) is 23.3 Å². The minimum Gasteiger partial charge on any atom is -0.411 e. The first kappa shape index (κ1) is 7.58. The van der Waals surface area contributed by atoms with E-state index in [-0.39, 0.29) is 0 Å². The molecule has 4 nitrogen and oxygen atoms in total. The fourth-order valence-electron chi connectivity index (χ4n) is 2.32. The Morgan fingerprint density at radius 1 is 0.833 bits per heavy atom. The minimum atomic E-state index is 0.325. The molecule has 0 amide bonds. The summed E-state index contributed by atoms with van der Waals surface area (Å²) < 4.78 is 0. The maximum Gasteiger partial charge on any atom is 0.108 e. The van der Waals surface area contributed by atoms with Gasteiger partial charge in [-0.05, 0) is 25.7 Å². The molecule has 3 aliphatic rings. The van der Waals surface area contributed by atoms with Crippen molar-refractivity contribution in [2.75, 3.05) is 0 Å². The Morgan fingerprint density at radius 3 is 1.42 bits per heavy atom. The summed E-state index contributed by atoms with van der Waals surface area (Å²) in [6.45, 7) is 0. The molecule has 3 saturated carbocycles. The van der Waals surface area contributed by atoms with Gasteiger partial charge in [-0.3, -0.25) is 0 Å². The highest BCUT2D eigenvalue weighted by atomic mass is 16.4. The van der Waals surface area contributed by atoms with Gasteiger partial charge in [0, 0.05) is 11.8 Å². The van der Waals surface area contributed by atoms with Crippen molar-refractivity contribution in [3.8, 4) is 0 Å². The molecule has 12 heavy (non-hydrogen) atoms. The van der Waals surface area contributed by atoms with E-state index in [4.69, 9.17) is 10.4 Å². The molecule has 66 valence electrons.